The van der Waals surface area contributed by atoms with Gasteiger partial charge in [0.2, 0.25) is 0 Å². The lowest BCUT2D eigenvalue weighted by molar-refractivity contribution is -0.142. The average Bonchev–Trinajstić information content (AvgIpc) is 2.78. The summed E-state index contributed by atoms with van der Waals surface area (Å²) in [5.74, 6) is 1.66. The summed E-state index contributed by atoms with van der Waals surface area (Å²) in [7, 11) is 0. The molecule has 3 nitrogen and oxygen atoms in total. The Kier molecular flexibility index (Phi) is 1.64. The molecule has 0 amide bonds. The molecular weight excluding hydrogens is 180 g/mol. The molecule has 0 aromatic carbocycles. The summed E-state index contributed by atoms with van der Waals surface area (Å²) in [6.07, 6.45) is 3.96. The molecule has 0 N–H and O–H groups in total. The van der Waals surface area contributed by atoms with Gasteiger partial charge in [0.1, 0.15) is 6.10 Å². The molecule has 2 saturated carbocycles. The number of carbonyl (C=O) groups excluding carboxylic acids is 1. The van der Waals surface area contributed by atoms with Crippen molar-refractivity contribution in [2.24, 2.45) is 23.7 Å². The first-order valence-electron chi connectivity index (χ1n) is 5.24. The van der Waals surface area contributed by atoms with Gasteiger partial charge in [0.05, 0.1) is 18.8 Å². The summed E-state index contributed by atoms with van der Waals surface area (Å²) in [6.45, 7) is 4.20. The zero-order chi connectivity index (χ0) is 9.71. The largest absolute Gasteiger partial charge is 0.498 e. The summed E-state index contributed by atoms with van der Waals surface area (Å²) in [4.78, 5) is 11.4. The number of ether oxygens (including phenoxy) is 2. The normalized spacial score (nSPS) is 48.9. The number of carbonyl (C=O) groups is 1. The van der Waals surface area contributed by atoms with Crippen molar-refractivity contribution in [3.63, 3.8) is 0 Å². The molecule has 0 spiro atoms. The first kappa shape index (κ1) is 8.33. The van der Waals surface area contributed by atoms with Gasteiger partial charge < -0.3 is 9.47 Å². The minimum Gasteiger partial charge on any atom is -0.498 e. The molecule has 1 aliphatic heterocycles. The average molecular weight is 194 g/mol. The molecular formula is C11H14O3. The zero-order valence-electron chi connectivity index (χ0n) is 8.02. The van der Waals surface area contributed by atoms with Crippen LogP contribution in [0.4, 0.5) is 0 Å². The van der Waals surface area contributed by atoms with E-state index in [-0.39, 0.29) is 18.0 Å². The van der Waals surface area contributed by atoms with Crippen LogP contribution < -0.4 is 0 Å². The molecule has 0 aromatic heterocycles. The van der Waals surface area contributed by atoms with Gasteiger partial charge in [-0.15, -0.1) is 0 Å². The summed E-state index contributed by atoms with van der Waals surface area (Å²) < 4.78 is 10.6. The van der Waals surface area contributed by atoms with Crippen molar-refractivity contribution in [2.75, 3.05) is 6.61 Å². The third-order valence-electron chi connectivity index (χ3n) is 4.07. The molecule has 1 heterocycles. The number of esters is 1. The van der Waals surface area contributed by atoms with Gasteiger partial charge in [-0.3, -0.25) is 4.79 Å². The molecule has 2 bridgehead atoms. The van der Waals surface area contributed by atoms with Crippen LogP contribution in [0.25, 0.3) is 0 Å². The van der Waals surface area contributed by atoms with E-state index in [1.54, 1.807) is 0 Å². The van der Waals surface area contributed by atoms with Crippen molar-refractivity contribution < 1.29 is 14.3 Å². The highest BCUT2D eigenvalue weighted by Crippen LogP contribution is 2.55. The van der Waals surface area contributed by atoms with Crippen molar-refractivity contribution in [3.8, 4) is 0 Å². The van der Waals surface area contributed by atoms with Crippen LogP contribution in [0, 0.1) is 23.7 Å². The molecule has 3 rings (SSSR count). The lowest BCUT2D eigenvalue weighted by Gasteiger charge is -2.27. The quantitative estimate of drug-likeness (QED) is 0.491. The van der Waals surface area contributed by atoms with Crippen LogP contribution in [-0.2, 0) is 14.3 Å². The molecule has 76 valence electrons. The van der Waals surface area contributed by atoms with E-state index >= 15 is 0 Å². The van der Waals surface area contributed by atoms with Crippen LogP contribution in [0.2, 0.25) is 0 Å². The van der Waals surface area contributed by atoms with Gasteiger partial charge in [0.15, 0.2) is 0 Å². The van der Waals surface area contributed by atoms with Crippen LogP contribution >= 0.6 is 0 Å². The Bertz CT molecular complexity index is 286. The first-order chi connectivity index (χ1) is 6.81. The van der Waals surface area contributed by atoms with Crippen LogP contribution in [0.5, 0.6) is 0 Å². The number of rotatable bonds is 2. The Balaban J connectivity index is 1.82. The van der Waals surface area contributed by atoms with Gasteiger partial charge in [-0.1, -0.05) is 6.58 Å². The number of cyclic esters (lactones) is 1. The third kappa shape index (κ3) is 0.900. The Hall–Kier alpha value is -0.990. The van der Waals surface area contributed by atoms with E-state index in [2.05, 4.69) is 6.58 Å². The van der Waals surface area contributed by atoms with E-state index in [0.29, 0.717) is 24.4 Å². The Labute approximate surface area is 83.1 Å². The summed E-state index contributed by atoms with van der Waals surface area (Å²) in [6, 6.07) is 0. The SMILES string of the molecule is C=COC1CC2CC1C1COC(=O)C21. The van der Waals surface area contributed by atoms with Crippen molar-refractivity contribution in [3.05, 3.63) is 12.8 Å². The van der Waals surface area contributed by atoms with E-state index in [9.17, 15) is 4.79 Å². The number of hydrogen-bond donors (Lipinski definition) is 0. The summed E-state index contributed by atoms with van der Waals surface area (Å²) in [5.41, 5.74) is 0. The molecule has 14 heavy (non-hydrogen) atoms. The van der Waals surface area contributed by atoms with E-state index in [4.69, 9.17) is 9.47 Å². The highest BCUT2D eigenvalue weighted by Gasteiger charge is 2.59. The third-order valence-corrected chi connectivity index (χ3v) is 4.07. The van der Waals surface area contributed by atoms with Gasteiger partial charge in [0.25, 0.3) is 0 Å². The van der Waals surface area contributed by atoms with Gasteiger partial charge in [-0.05, 0) is 18.8 Å². The zero-order valence-corrected chi connectivity index (χ0v) is 8.02. The van der Waals surface area contributed by atoms with Gasteiger partial charge in [0, 0.05) is 11.8 Å². The molecule has 5 unspecified atom stereocenters. The second-order valence-corrected chi connectivity index (χ2v) is 4.56. The predicted molar refractivity (Wildman–Crippen MR) is 49.2 cm³/mol. The minimum atomic E-state index is 0.0274. The van der Waals surface area contributed by atoms with Crippen LogP contribution in [0.15, 0.2) is 12.8 Å². The number of hydrogen-bond acceptors (Lipinski definition) is 3. The lowest BCUT2D eigenvalue weighted by atomic mass is 9.80. The molecule has 3 heteroatoms. The van der Waals surface area contributed by atoms with Crippen molar-refractivity contribution in [2.45, 2.75) is 18.9 Å². The van der Waals surface area contributed by atoms with Crippen molar-refractivity contribution in [1.29, 1.82) is 0 Å². The fraction of sp³-hybridized carbons (Fsp3) is 0.727. The molecule has 5 atom stereocenters. The molecule has 3 aliphatic rings. The van der Waals surface area contributed by atoms with Crippen LogP contribution in [-0.4, -0.2) is 18.7 Å². The van der Waals surface area contributed by atoms with Gasteiger partial charge in [-0.2, -0.15) is 0 Å². The molecule has 0 aromatic rings. The molecule has 3 fully saturated rings. The number of fused-ring (bicyclic) bond motifs is 5. The lowest BCUT2D eigenvalue weighted by Crippen LogP contribution is -2.32. The second kappa shape index (κ2) is 2.75. The first-order valence-corrected chi connectivity index (χ1v) is 5.24. The Morgan fingerprint density at radius 2 is 2.29 bits per heavy atom. The monoisotopic (exact) mass is 194 g/mol. The molecule has 2 aliphatic carbocycles. The molecule has 0 radical (unpaired) electrons. The van der Waals surface area contributed by atoms with Gasteiger partial charge >= 0.3 is 5.97 Å². The maximum absolute atomic E-state index is 11.4. The van der Waals surface area contributed by atoms with Crippen molar-refractivity contribution in [1.82, 2.24) is 0 Å². The topological polar surface area (TPSA) is 35.5 Å². The van der Waals surface area contributed by atoms with Gasteiger partial charge in [-0.25, -0.2) is 0 Å². The minimum absolute atomic E-state index is 0.0274. The summed E-state index contributed by atoms with van der Waals surface area (Å²) >= 11 is 0. The maximum Gasteiger partial charge on any atom is 0.309 e. The fourth-order valence-corrected chi connectivity index (χ4v) is 3.58. The van der Waals surface area contributed by atoms with E-state index < -0.39 is 0 Å². The Morgan fingerprint density at radius 1 is 1.43 bits per heavy atom. The van der Waals surface area contributed by atoms with E-state index in [1.165, 1.54) is 6.26 Å². The smallest absolute Gasteiger partial charge is 0.309 e. The molecule has 1 saturated heterocycles. The summed E-state index contributed by atoms with van der Waals surface area (Å²) in [5, 5.41) is 0. The highest BCUT2D eigenvalue weighted by atomic mass is 16.5. The van der Waals surface area contributed by atoms with Crippen LogP contribution in [0.1, 0.15) is 12.8 Å². The van der Waals surface area contributed by atoms with Crippen LogP contribution in [0.3, 0.4) is 0 Å². The second-order valence-electron chi connectivity index (χ2n) is 4.56. The highest BCUT2D eigenvalue weighted by molar-refractivity contribution is 5.76. The fourth-order valence-electron chi connectivity index (χ4n) is 3.58. The maximum atomic E-state index is 11.4. The van der Waals surface area contributed by atoms with E-state index in [1.807, 2.05) is 0 Å². The standard InChI is InChI=1S/C11H14O3/c1-2-13-9-4-6-3-7(9)8-5-14-11(12)10(6)8/h2,6-10H,1,3-5H2. The predicted octanol–water partition coefficient (Wildman–Crippen LogP) is 1.34. The Morgan fingerprint density at radius 3 is 3.07 bits per heavy atom. The van der Waals surface area contributed by atoms with Crippen molar-refractivity contribution >= 4 is 5.97 Å². The van der Waals surface area contributed by atoms with E-state index in [0.717, 1.165) is 12.8 Å².